The van der Waals surface area contributed by atoms with Crippen LogP contribution < -0.4 is 4.90 Å². The molecule has 0 unspecified atom stereocenters. The normalized spacial score (nSPS) is 16.1. The molecule has 1 amide bonds. The third kappa shape index (κ3) is 2.18. The molecule has 1 aliphatic rings. The second-order valence-electron chi connectivity index (χ2n) is 4.19. The van der Waals surface area contributed by atoms with Gasteiger partial charge in [-0.05, 0) is 12.1 Å². The Labute approximate surface area is 103 Å². The van der Waals surface area contributed by atoms with Crippen molar-refractivity contribution in [1.29, 1.82) is 0 Å². The second kappa shape index (κ2) is 4.72. The van der Waals surface area contributed by atoms with Crippen LogP contribution in [0.15, 0.2) is 12.1 Å². The van der Waals surface area contributed by atoms with Crippen LogP contribution in [0.1, 0.15) is 10.4 Å². The van der Waals surface area contributed by atoms with Crippen LogP contribution in [-0.4, -0.2) is 43.8 Å². The van der Waals surface area contributed by atoms with Crippen LogP contribution in [0.2, 0.25) is 0 Å². The third-order valence-electron chi connectivity index (χ3n) is 2.95. The summed E-state index contributed by atoms with van der Waals surface area (Å²) in [5, 5.41) is 0. The molecule has 0 bridgehead atoms. The van der Waals surface area contributed by atoms with Crippen LogP contribution in [0.5, 0.6) is 0 Å². The molecule has 1 fully saturated rings. The van der Waals surface area contributed by atoms with Crippen molar-refractivity contribution in [3.63, 3.8) is 0 Å². The van der Waals surface area contributed by atoms with E-state index in [1.54, 1.807) is 7.05 Å². The lowest BCUT2D eigenvalue weighted by Gasteiger charge is -2.33. The van der Waals surface area contributed by atoms with Gasteiger partial charge in [-0.15, -0.1) is 0 Å². The number of rotatable bonds is 2. The Morgan fingerprint density at radius 1 is 1.22 bits per heavy atom. The highest BCUT2D eigenvalue weighted by Gasteiger charge is 2.25. The fraction of sp³-hybridized carbons (Fsp3) is 0.333. The molecule has 96 valence electrons. The minimum absolute atomic E-state index is 0.0609. The Morgan fingerprint density at radius 3 is 2.33 bits per heavy atom. The topological polar surface area (TPSA) is 40.6 Å². The average molecular weight is 254 g/mol. The minimum atomic E-state index is -0.825. The molecule has 2 rings (SSSR count). The molecule has 1 saturated heterocycles. The molecule has 1 aliphatic heterocycles. The first kappa shape index (κ1) is 12.5. The predicted octanol–water partition coefficient (Wildman–Crippen LogP) is 1.06. The molecular formula is C12H12F2N2O2. The summed E-state index contributed by atoms with van der Waals surface area (Å²) in [6.45, 7) is 0.703. The third-order valence-corrected chi connectivity index (χ3v) is 2.95. The minimum Gasteiger partial charge on any atom is -0.356 e. The summed E-state index contributed by atoms with van der Waals surface area (Å²) >= 11 is 0. The van der Waals surface area contributed by atoms with E-state index in [0.717, 1.165) is 12.1 Å². The van der Waals surface area contributed by atoms with E-state index >= 15 is 0 Å². The first-order valence-electron chi connectivity index (χ1n) is 5.46. The Kier molecular flexibility index (Phi) is 3.27. The van der Waals surface area contributed by atoms with Gasteiger partial charge in [-0.25, -0.2) is 8.78 Å². The van der Waals surface area contributed by atoms with Gasteiger partial charge in [-0.3, -0.25) is 9.59 Å². The van der Waals surface area contributed by atoms with Crippen molar-refractivity contribution >= 4 is 17.9 Å². The number of aldehydes is 1. The highest BCUT2D eigenvalue weighted by molar-refractivity contribution is 5.83. The highest BCUT2D eigenvalue weighted by atomic mass is 19.1. The summed E-state index contributed by atoms with van der Waals surface area (Å²) in [4.78, 5) is 24.8. The maximum Gasteiger partial charge on any atom is 0.241 e. The zero-order chi connectivity index (χ0) is 13.3. The standard InChI is InChI=1S/C12H12F2N2O2/c1-15-2-3-16(6-11(15)18)12-9(13)4-8(7-17)5-10(12)14/h4-5,7H,2-3,6H2,1H3. The highest BCUT2D eigenvalue weighted by Crippen LogP contribution is 2.25. The van der Waals surface area contributed by atoms with E-state index in [9.17, 15) is 18.4 Å². The molecule has 1 aromatic carbocycles. The molecule has 0 atom stereocenters. The smallest absolute Gasteiger partial charge is 0.241 e. The van der Waals surface area contributed by atoms with Crippen molar-refractivity contribution in [2.75, 3.05) is 31.6 Å². The van der Waals surface area contributed by atoms with E-state index in [4.69, 9.17) is 0 Å². The lowest BCUT2D eigenvalue weighted by Crippen LogP contribution is -2.49. The molecule has 1 heterocycles. The van der Waals surface area contributed by atoms with E-state index in [1.165, 1.54) is 9.80 Å². The fourth-order valence-corrected chi connectivity index (χ4v) is 1.90. The van der Waals surface area contributed by atoms with Crippen LogP contribution in [0.3, 0.4) is 0 Å². The SMILES string of the molecule is CN1CCN(c2c(F)cc(C=O)cc2F)CC1=O. The van der Waals surface area contributed by atoms with Crippen molar-refractivity contribution in [1.82, 2.24) is 4.90 Å². The van der Waals surface area contributed by atoms with E-state index in [2.05, 4.69) is 0 Å². The number of nitrogens with zero attached hydrogens (tertiary/aromatic N) is 2. The second-order valence-corrected chi connectivity index (χ2v) is 4.19. The number of hydrogen-bond donors (Lipinski definition) is 0. The lowest BCUT2D eigenvalue weighted by atomic mass is 10.1. The molecule has 0 saturated carbocycles. The summed E-state index contributed by atoms with van der Waals surface area (Å²) in [7, 11) is 1.64. The van der Waals surface area contributed by atoms with Gasteiger partial charge in [-0.2, -0.15) is 0 Å². The van der Waals surface area contributed by atoms with Gasteiger partial charge in [0.15, 0.2) is 0 Å². The van der Waals surface area contributed by atoms with Gasteiger partial charge in [0.25, 0.3) is 0 Å². The Bertz CT molecular complexity index is 482. The number of carbonyl (C=O) groups is 2. The first-order valence-corrected chi connectivity index (χ1v) is 5.46. The van der Waals surface area contributed by atoms with Crippen molar-refractivity contribution in [2.45, 2.75) is 0 Å². The van der Waals surface area contributed by atoms with Crippen molar-refractivity contribution in [2.24, 2.45) is 0 Å². The van der Waals surface area contributed by atoms with E-state index in [-0.39, 0.29) is 23.7 Å². The van der Waals surface area contributed by atoms with Crippen LogP contribution in [0.25, 0.3) is 0 Å². The van der Waals surface area contributed by atoms with E-state index < -0.39 is 11.6 Å². The molecule has 0 N–H and O–H groups in total. The largest absolute Gasteiger partial charge is 0.356 e. The summed E-state index contributed by atoms with van der Waals surface area (Å²) in [6, 6.07) is 1.93. The zero-order valence-electron chi connectivity index (χ0n) is 9.82. The number of likely N-dealkylation sites (N-methyl/N-ethyl adjacent to an activating group) is 1. The van der Waals surface area contributed by atoms with Crippen molar-refractivity contribution in [3.8, 4) is 0 Å². The van der Waals surface area contributed by atoms with Gasteiger partial charge in [0.05, 0.1) is 6.54 Å². The maximum absolute atomic E-state index is 13.7. The number of piperazine rings is 1. The molecular weight excluding hydrogens is 242 g/mol. The summed E-state index contributed by atoms with van der Waals surface area (Å²) in [5.41, 5.74) is -0.309. The monoisotopic (exact) mass is 254 g/mol. The number of amides is 1. The van der Waals surface area contributed by atoms with Crippen molar-refractivity contribution < 1.29 is 18.4 Å². The van der Waals surface area contributed by atoms with Crippen LogP contribution >= 0.6 is 0 Å². The lowest BCUT2D eigenvalue weighted by molar-refractivity contribution is -0.129. The summed E-state index contributed by atoms with van der Waals surface area (Å²) in [5.74, 6) is -1.84. The van der Waals surface area contributed by atoms with Crippen LogP contribution in [0.4, 0.5) is 14.5 Å². The quantitative estimate of drug-likeness (QED) is 0.741. The molecule has 18 heavy (non-hydrogen) atoms. The molecule has 0 radical (unpaired) electrons. The average Bonchev–Trinajstić information content (AvgIpc) is 2.32. The van der Waals surface area contributed by atoms with Gasteiger partial charge >= 0.3 is 0 Å². The Morgan fingerprint density at radius 2 is 1.83 bits per heavy atom. The van der Waals surface area contributed by atoms with Gasteiger partial charge in [0, 0.05) is 25.7 Å². The molecule has 0 spiro atoms. The molecule has 6 heteroatoms. The Balaban J connectivity index is 2.34. The summed E-state index contributed by atoms with van der Waals surface area (Å²) < 4.78 is 27.5. The van der Waals surface area contributed by atoms with Crippen molar-refractivity contribution in [3.05, 3.63) is 29.3 Å². The number of anilines is 1. The molecule has 4 nitrogen and oxygen atoms in total. The van der Waals surface area contributed by atoms with E-state index in [0.29, 0.717) is 19.4 Å². The molecule has 1 aromatic rings. The van der Waals surface area contributed by atoms with Gasteiger partial charge < -0.3 is 9.80 Å². The predicted molar refractivity (Wildman–Crippen MR) is 61.6 cm³/mol. The van der Waals surface area contributed by atoms with Crippen LogP contribution in [-0.2, 0) is 4.79 Å². The van der Waals surface area contributed by atoms with Gasteiger partial charge in [-0.1, -0.05) is 0 Å². The van der Waals surface area contributed by atoms with Gasteiger partial charge in [0.2, 0.25) is 5.91 Å². The zero-order valence-corrected chi connectivity index (χ0v) is 9.82. The number of carbonyl (C=O) groups excluding carboxylic acids is 2. The molecule has 0 aromatic heterocycles. The van der Waals surface area contributed by atoms with E-state index in [1.807, 2.05) is 0 Å². The number of halogens is 2. The fourth-order valence-electron chi connectivity index (χ4n) is 1.90. The van der Waals surface area contributed by atoms with Crippen LogP contribution in [0, 0.1) is 11.6 Å². The Hall–Kier alpha value is -1.98. The van der Waals surface area contributed by atoms with Gasteiger partial charge in [0.1, 0.15) is 23.6 Å². The first-order chi connectivity index (χ1) is 8.52. The number of benzene rings is 1. The maximum atomic E-state index is 13.7. The number of hydrogen-bond acceptors (Lipinski definition) is 3. The molecule has 0 aliphatic carbocycles. The summed E-state index contributed by atoms with van der Waals surface area (Å²) in [6.07, 6.45) is 0.380.